The minimum Gasteiger partial charge on any atom is -0.357 e. The average molecular weight is 572 g/mol. The first-order valence-electron chi connectivity index (χ1n) is 11.7. The van der Waals surface area contributed by atoms with Crippen LogP contribution in [0.15, 0.2) is 72.0 Å². The number of fused-ring (bicyclic) bond motifs is 1. The number of nitrogens with one attached hydrogen (secondary N) is 2. The molecule has 0 radical (unpaired) electrons. The molecule has 0 bridgehead atoms. The lowest BCUT2D eigenvalue weighted by Crippen LogP contribution is -2.38. The zero-order valence-electron chi connectivity index (χ0n) is 19.9. The molecular formula is C26H34IN7. The first kappa shape index (κ1) is 25.7. The summed E-state index contributed by atoms with van der Waals surface area (Å²) in [7, 11) is 0. The van der Waals surface area contributed by atoms with E-state index >= 15 is 0 Å². The first-order chi connectivity index (χ1) is 16.2. The molecule has 180 valence electrons. The molecule has 8 heteroatoms. The molecule has 0 aliphatic rings. The van der Waals surface area contributed by atoms with Gasteiger partial charge in [0.15, 0.2) is 5.96 Å². The van der Waals surface area contributed by atoms with E-state index in [9.17, 15) is 0 Å². The summed E-state index contributed by atoms with van der Waals surface area (Å²) in [6.07, 6.45) is 5.71. The van der Waals surface area contributed by atoms with E-state index in [2.05, 4.69) is 86.0 Å². The van der Waals surface area contributed by atoms with Crippen molar-refractivity contribution in [2.45, 2.75) is 39.8 Å². The van der Waals surface area contributed by atoms with E-state index in [0.717, 1.165) is 68.7 Å². The third kappa shape index (κ3) is 6.82. The van der Waals surface area contributed by atoms with E-state index < -0.39 is 0 Å². The third-order valence-electron chi connectivity index (χ3n) is 5.64. The Kier molecular flexibility index (Phi) is 9.93. The maximum absolute atomic E-state index is 4.77. The second kappa shape index (κ2) is 13.1. The Labute approximate surface area is 218 Å². The molecule has 4 rings (SSSR count). The Morgan fingerprint density at radius 3 is 2.65 bits per heavy atom. The summed E-state index contributed by atoms with van der Waals surface area (Å²) in [5.74, 6) is 2.98. The Bertz CT molecular complexity index is 1180. The molecule has 0 aliphatic carbocycles. The molecule has 0 aliphatic heterocycles. The summed E-state index contributed by atoms with van der Waals surface area (Å²) >= 11 is 0. The second-order valence-corrected chi connectivity index (χ2v) is 8.05. The van der Waals surface area contributed by atoms with Gasteiger partial charge in [-0.3, -0.25) is 4.99 Å². The van der Waals surface area contributed by atoms with E-state index in [-0.39, 0.29) is 24.0 Å². The minimum atomic E-state index is 0. The number of hydrogen-bond acceptors (Lipinski definition) is 3. The zero-order chi connectivity index (χ0) is 22.9. The fourth-order valence-corrected chi connectivity index (χ4v) is 4.02. The van der Waals surface area contributed by atoms with Crippen molar-refractivity contribution in [3.05, 3.63) is 84.2 Å². The number of rotatable bonds is 10. The Balaban J connectivity index is 0.00000324. The lowest BCUT2D eigenvalue weighted by Gasteiger charge is -2.12. The largest absolute Gasteiger partial charge is 0.357 e. The summed E-state index contributed by atoms with van der Waals surface area (Å²) in [6.45, 7) is 8.27. The number of nitrogens with zero attached hydrogens (tertiary/aromatic N) is 5. The lowest BCUT2D eigenvalue weighted by molar-refractivity contribution is 0.644. The molecule has 0 amide bonds. The molecule has 0 unspecified atom stereocenters. The molecule has 0 atom stereocenters. The van der Waals surface area contributed by atoms with Crippen LogP contribution >= 0.6 is 24.0 Å². The van der Waals surface area contributed by atoms with Gasteiger partial charge >= 0.3 is 0 Å². The van der Waals surface area contributed by atoms with Gasteiger partial charge in [0, 0.05) is 51.5 Å². The van der Waals surface area contributed by atoms with E-state index in [0.29, 0.717) is 0 Å². The highest BCUT2D eigenvalue weighted by Gasteiger charge is 2.07. The van der Waals surface area contributed by atoms with Crippen LogP contribution in [-0.4, -0.2) is 44.7 Å². The van der Waals surface area contributed by atoms with Crippen molar-refractivity contribution in [1.82, 2.24) is 29.7 Å². The van der Waals surface area contributed by atoms with Crippen LogP contribution in [0.1, 0.15) is 30.6 Å². The molecular weight excluding hydrogens is 537 g/mol. The normalized spacial score (nSPS) is 11.4. The predicted octanol–water partition coefficient (Wildman–Crippen LogP) is 4.40. The van der Waals surface area contributed by atoms with Gasteiger partial charge in [-0.15, -0.1) is 24.0 Å². The van der Waals surface area contributed by atoms with Gasteiger partial charge in [0.2, 0.25) is 0 Å². The van der Waals surface area contributed by atoms with Crippen LogP contribution in [0.3, 0.4) is 0 Å². The third-order valence-corrected chi connectivity index (χ3v) is 5.64. The van der Waals surface area contributed by atoms with Gasteiger partial charge in [0.1, 0.15) is 11.6 Å². The standard InChI is InChI=1S/C26H33N7.HI/c1-3-27-26(29-15-9-18-33-21(2)31-23-12-7-8-13-24(23)33)30-16-14-25-28-17-19-32(25)20-22-10-5-4-6-11-22;/h4-8,10-13,17,19H,3,9,14-16,18,20H2,1-2H3,(H2,27,29,30);1H. The maximum Gasteiger partial charge on any atom is 0.191 e. The molecule has 0 fully saturated rings. The van der Waals surface area contributed by atoms with Crippen molar-refractivity contribution in [1.29, 1.82) is 0 Å². The maximum atomic E-state index is 4.77. The predicted molar refractivity (Wildman–Crippen MR) is 150 cm³/mol. The van der Waals surface area contributed by atoms with Crippen molar-refractivity contribution >= 4 is 41.0 Å². The smallest absolute Gasteiger partial charge is 0.191 e. The van der Waals surface area contributed by atoms with E-state index in [1.165, 1.54) is 11.1 Å². The number of benzene rings is 2. The average Bonchev–Trinajstić information content (AvgIpc) is 3.40. The summed E-state index contributed by atoms with van der Waals surface area (Å²) in [5.41, 5.74) is 3.52. The zero-order valence-corrected chi connectivity index (χ0v) is 22.3. The quantitative estimate of drug-likeness (QED) is 0.128. The van der Waals surface area contributed by atoms with E-state index in [1.54, 1.807) is 0 Å². The number of para-hydroxylation sites is 2. The first-order valence-corrected chi connectivity index (χ1v) is 11.7. The monoisotopic (exact) mass is 571 g/mol. The number of imidazole rings is 2. The van der Waals surface area contributed by atoms with Crippen LogP contribution in [0, 0.1) is 6.92 Å². The van der Waals surface area contributed by atoms with Crippen molar-refractivity contribution in [2.24, 2.45) is 4.99 Å². The van der Waals surface area contributed by atoms with Crippen LogP contribution < -0.4 is 10.6 Å². The highest BCUT2D eigenvalue weighted by molar-refractivity contribution is 14.0. The van der Waals surface area contributed by atoms with Gasteiger partial charge in [-0.1, -0.05) is 42.5 Å². The van der Waals surface area contributed by atoms with Gasteiger partial charge in [-0.05, 0) is 38.0 Å². The van der Waals surface area contributed by atoms with Crippen molar-refractivity contribution < 1.29 is 0 Å². The molecule has 4 aromatic rings. The molecule has 34 heavy (non-hydrogen) atoms. The summed E-state index contributed by atoms with van der Waals surface area (Å²) in [4.78, 5) is 14.0. The Morgan fingerprint density at radius 1 is 1.03 bits per heavy atom. The fraction of sp³-hybridized carbons (Fsp3) is 0.346. The number of aliphatic imine (C=N–C) groups is 1. The topological polar surface area (TPSA) is 72.1 Å². The summed E-state index contributed by atoms with van der Waals surface area (Å²) in [6, 6.07) is 18.8. The van der Waals surface area contributed by atoms with Crippen molar-refractivity contribution in [3.8, 4) is 0 Å². The minimum absolute atomic E-state index is 0. The molecule has 0 spiro atoms. The highest BCUT2D eigenvalue weighted by atomic mass is 127. The molecule has 0 saturated carbocycles. The molecule has 0 saturated heterocycles. The molecule has 2 aromatic heterocycles. The number of hydrogen-bond donors (Lipinski definition) is 2. The fourth-order valence-electron chi connectivity index (χ4n) is 4.02. The van der Waals surface area contributed by atoms with Crippen molar-refractivity contribution in [3.63, 3.8) is 0 Å². The number of aromatic nitrogens is 4. The van der Waals surface area contributed by atoms with Gasteiger partial charge in [-0.25, -0.2) is 9.97 Å². The van der Waals surface area contributed by atoms with Gasteiger partial charge in [0.05, 0.1) is 11.0 Å². The number of aryl methyl sites for hydroxylation is 2. The van der Waals surface area contributed by atoms with E-state index in [1.807, 2.05) is 24.5 Å². The number of halogens is 1. The van der Waals surface area contributed by atoms with Crippen LogP contribution in [0.5, 0.6) is 0 Å². The molecule has 2 aromatic carbocycles. The van der Waals surface area contributed by atoms with Crippen LogP contribution in [-0.2, 0) is 19.5 Å². The highest BCUT2D eigenvalue weighted by Crippen LogP contribution is 2.15. The van der Waals surface area contributed by atoms with Gasteiger partial charge in [0.25, 0.3) is 0 Å². The van der Waals surface area contributed by atoms with Crippen molar-refractivity contribution in [2.75, 3.05) is 19.6 Å². The molecule has 7 nitrogen and oxygen atoms in total. The summed E-state index contributed by atoms with van der Waals surface area (Å²) < 4.78 is 4.48. The summed E-state index contributed by atoms with van der Waals surface area (Å²) in [5, 5.41) is 6.80. The van der Waals surface area contributed by atoms with Crippen LogP contribution in [0.4, 0.5) is 0 Å². The van der Waals surface area contributed by atoms with Crippen LogP contribution in [0.2, 0.25) is 0 Å². The Morgan fingerprint density at radius 2 is 1.82 bits per heavy atom. The van der Waals surface area contributed by atoms with Crippen LogP contribution in [0.25, 0.3) is 11.0 Å². The van der Waals surface area contributed by atoms with E-state index in [4.69, 9.17) is 4.99 Å². The molecule has 2 heterocycles. The molecule has 2 N–H and O–H groups in total. The lowest BCUT2D eigenvalue weighted by atomic mass is 10.2. The van der Waals surface area contributed by atoms with Gasteiger partial charge in [-0.2, -0.15) is 0 Å². The van der Waals surface area contributed by atoms with Gasteiger partial charge < -0.3 is 19.8 Å². The number of guanidine groups is 1. The SMILES string of the molecule is CCNC(=NCCCn1c(C)nc2ccccc21)NCCc1nccn1Cc1ccccc1.I. The second-order valence-electron chi connectivity index (χ2n) is 8.05. The Hall–Kier alpha value is -2.88.